The Morgan fingerprint density at radius 2 is 2.12 bits per heavy atom. The number of thiophene rings is 1. The van der Waals surface area contributed by atoms with Gasteiger partial charge in [0.25, 0.3) is 0 Å². The quantitative estimate of drug-likeness (QED) is 0.678. The molecule has 9 heteroatoms. The van der Waals surface area contributed by atoms with Gasteiger partial charge < -0.3 is 9.66 Å². The summed E-state index contributed by atoms with van der Waals surface area (Å²) in [6.45, 7) is 1.76. The molecule has 2 N–H and O–H groups in total. The van der Waals surface area contributed by atoms with Crippen LogP contribution in [-0.2, 0) is 11.3 Å². The molecular weight excluding hydrogens is 350 g/mol. The van der Waals surface area contributed by atoms with Crippen molar-refractivity contribution in [1.82, 2.24) is 10.2 Å². The number of carboxylic acids is 1. The highest BCUT2D eigenvalue weighted by molar-refractivity contribution is 7.81. The van der Waals surface area contributed by atoms with E-state index < -0.39 is 17.2 Å². The number of hydrogen-bond donors (Lipinski definition) is 2. The van der Waals surface area contributed by atoms with Crippen molar-refractivity contribution in [2.24, 2.45) is 0 Å². The fourth-order valence-electron chi connectivity index (χ4n) is 2.30. The molecule has 0 aliphatic heterocycles. The Bertz CT molecular complexity index is 905. The van der Waals surface area contributed by atoms with E-state index in [0.29, 0.717) is 21.7 Å². The van der Waals surface area contributed by atoms with E-state index in [1.165, 1.54) is 0 Å². The molecule has 0 saturated carbocycles. The summed E-state index contributed by atoms with van der Waals surface area (Å²) in [5.41, 5.74) is 1.92. The monoisotopic (exact) mass is 362 g/mol. The lowest BCUT2D eigenvalue weighted by Gasteiger charge is -2.27. The summed E-state index contributed by atoms with van der Waals surface area (Å²) in [5.74, 6) is -1.19. The van der Waals surface area contributed by atoms with Gasteiger partial charge in [-0.2, -0.15) is 5.10 Å². The number of hydrogen-bond acceptors (Lipinski definition) is 5. The molecule has 0 saturated heterocycles. The molecule has 3 aromatic rings. The maximum atomic E-state index is 11.8. The molecule has 124 valence electrons. The Balaban J connectivity index is 2.20. The SMILES string of the molecule is Cc1ccccc1N(c1cc(-c2cn[nH]c2)sc1C(=O)O)S(=O)[O-]. The van der Waals surface area contributed by atoms with Crippen molar-refractivity contribution in [2.45, 2.75) is 6.92 Å². The highest BCUT2D eigenvalue weighted by atomic mass is 32.2. The lowest BCUT2D eigenvalue weighted by atomic mass is 10.2. The van der Waals surface area contributed by atoms with Crippen molar-refractivity contribution in [3.05, 3.63) is 53.2 Å². The number of nitrogens with zero attached hydrogens (tertiary/aromatic N) is 2. The van der Waals surface area contributed by atoms with Crippen LogP contribution in [0.3, 0.4) is 0 Å². The van der Waals surface area contributed by atoms with Crippen LogP contribution in [0, 0.1) is 6.92 Å². The fraction of sp³-hybridized carbons (Fsp3) is 0.0667. The third-order valence-corrected chi connectivity index (χ3v) is 5.24. The van der Waals surface area contributed by atoms with E-state index in [1.807, 2.05) is 0 Å². The molecule has 3 rings (SSSR count). The number of aromatic nitrogens is 2. The van der Waals surface area contributed by atoms with Crippen LogP contribution in [0.1, 0.15) is 15.2 Å². The molecule has 7 nitrogen and oxygen atoms in total. The van der Waals surface area contributed by atoms with Crippen molar-refractivity contribution < 1.29 is 18.7 Å². The molecule has 1 unspecified atom stereocenters. The number of carboxylic acid groups (broad SMARTS) is 1. The average Bonchev–Trinajstić information content (AvgIpc) is 3.18. The van der Waals surface area contributed by atoms with E-state index in [-0.39, 0.29) is 10.6 Å². The molecule has 24 heavy (non-hydrogen) atoms. The zero-order chi connectivity index (χ0) is 17.3. The molecule has 2 aromatic heterocycles. The highest BCUT2D eigenvalue weighted by Crippen LogP contribution is 2.40. The standard InChI is InChI=1S/C15H13N3O4S2/c1-9-4-2-3-5-11(9)18(24(21)22)12-6-13(10-7-16-17-8-10)23-14(12)15(19)20/h2-8H,1H3,(H,16,17)(H,19,20)(H,21,22)/p-1. The lowest BCUT2D eigenvalue weighted by Crippen LogP contribution is -2.21. The third-order valence-electron chi connectivity index (χ3n) is 3.39. The largest absolute Gasteiger partial charge is 0.755 e. The van der Waals surface area contributed by atoms with Gasteiger partial charge in [0.05, 0.1) is 28.8 Å². The Labute approximate surface area is 144 Å². The molecule has 0 aliphatic rings. The minimum absolute atomic E-state index is 0.0568. The van der Waals surface area contributed by atoms with Gasteiger partial charge in [-0.1, -0.05) is 18.2 Å². The van der Waals surface area contributed by atoms with E-state index >= 15 is 0 Å². The van der Waals surface area contributed by atoms with Crippen LogP contribution in [0.5, 0.6) is 0 Å². The van der Waals surface area contributed by atoms with Crippen LogP contribution in [0.25, 0.3) is 10.4 Å². The molecule has 0 fully saturated rings. The summed E-state index contributed by atoms with van der Waals surface area (Å²) in [6.07, 6.45) is 3.17. The van der Waals surface area contributed by atoms with Crippen LogP contribution in [-0.4, -0.2) is 30.0 Å². The Morgan fingerprint density at radius 3 is 2.71 bits per heavy atom. The van der Waals surface area contributed by atoms with Crippen molar-refractivity contribution in [3.8, 4) is 10.4 Å². The second-order valence-corrected chi connectivity index (χ2v) is 6.77. The van der Waals surface area contributed by atoms with Crippen LogP contribution >= 0.6 is 11.3 Å². The number of nitrogens with one attached hydrogen (secondary N) is 1. The molecule has 0 radical (unpaired) electrons. The summed E-state index contributed by atoms with van der Waals surface area (Å²) in [6, 6.07) is 8.42. The number of benzene rings is 1. The van der Waals surface area contributed by atoms with Crippen LogP contribution < -0.4 is 4.31 Å². The Kier molecular flexibility index (Phi) is 4.47. The van der Waals surface area contributed by atoms with Crippen LogP contribution in [0.2, 0.25) is 0 Å². The van der Waals surface area contributed by atoms with Gasteiger partial charge in [-0.05, 0) is 24.6 Å². The van der Waals surface area contributed by atoms with E-state index in [0.717, 1.165) is 15.6 Å². The fourth-order valence-corrected chi connectivity index (χ4v) is 3.98. The predicted octanol–water partition coefficient (Wildman–Crippen LogP) is 3.08. The average molecular weight is 362 g/mol. The van der Waals surface area contributed by atoms with Gasteiger partial charge in [0, 0.05) is 16.6 Å². The first-order valence-corrected chi connectivity index (χ1v) is 8.65. The molecular formula is C15H12N3O4S2-. The first-order chi connectivity index (χ1) is 11.5. The second kappa shape index (κ2) is 6.56. The Morgan fingerprint density at radius 1 is 1.38 bits per heavy atom. The van der Waals surface area contributed by atoms with Crippen molar-refractivity contribution in [3.63, 3.8) is 0 Å². The summed E-state index contributed by atoms with van der Waals surface area (Å²) in [4.78, 5) is 12.2. The molecule has 0 spiro atoms. The number of aryl methyl sites for hydroxylation is 1. The van der Waals surface area contributed by atoms with Gasteiger partial charge in [-0.15, -0.1) is 11.3 Å². The molecule has 0 aliphatic carbocycles. The Hall–Kier alpha value is -2.49. The lowest BCUT2D eigenvalue weighted by molar-refractivity contribution is 0.0703. The molecule has 1 aromatic carbocycles. The summed E-state index contributed by atoms with van der Waals surface area (Å²) >= 11 is -1.68. The summed E-state index contributed by atoms with van der Waals surface area (Å²) < 4.78 is 24.7. The number of anilines is 2. The molecule has 1 atom stereocenters. The minimum Gasteiger partial charge on any atom is -0.755 e. The van der Waals surface area contributed by atoms with Gasteiger partial charge in [-0.3, -0.25) is 13.6 Å². The van der Waals surface area contributed by atoms with Gasteiger partial charge in [-0.25, -0.2) is 4.79 Å². The van der Waals surface area contributed by atoms with E-state index in [1.54, 1.807) is 49.6 Å². The van der Waals surface area contributed by atoms with E-state index in [2.05, 4.69) is 10.2 Å². The maximum absolute atomic E-state index is 11.8. The minimum atomic E-state index is -2.67. The van der Waals surface area contributed by atoms with Crippen LogP contribution in [0.15, 0.2) is 42.7 Å². The number of rotatable bonds is 5. The normalized spacial score (nSPS) is 12.1. The number of para-hydroxylation sites is 1. The van der Waals surface area contributed by atoms with Crippen molar-refractivity contribution in [1.29, 1.82) is 0 Å². The number of H-pyrrole nitrogens is 1. The topological polar surface area (TPSA) is 109 Å². The van der Waals surface area contributed by atoms with Crippen molar-refractivity contribution >= 4 is 39.9 Å². The van der Waals surface area contributed by atoms with Gasteiger partial charge >= 0.3 is 5.97 Å². The summed E-state index contributed by atoms with van der Waals surface area (Å²) in [5, 5.41) is 16.0. The molecule has 0 bridgehead atoms. The van der Waals surface area contributed by atoms with Crippen molar-refractivity contribution in [2.75, 3.05) is 4.31 Å². The predicted molar refractivity (Wildman–Crippen MR) is 91.1 cm³/mol. The summed E-state index contributed by atoms with van der Waals surface area (Å²) in [7, 11) is 0. The maximum Gasteiger partial charge on any atom is 0.348 e. The smallest absolute Gasteiger partial charge is 0.348 e. The number of carbonyl (C=O) groups is 1. The highest BCUT2D eigenvalue weighted by Gasteiger charge is 2.24. The third kappa shape index (κ3) is 2.96. The first-order valence-electron chi connectivity index (χ1n) is 6.80. The zero-order valence-electron chi connectivity index (χ0n) is 12.4. The van der Waals surface area contributed by atoms with E-state index in [4.69, 9.17) is 0 Å². The first kappa shape index (κ1) is 16.4. The number of aromatic amines is 1. The molecule has 0 amide bonds. The van der Waals surface area contributed by atoms with Crippen LogP contribution in [0.4, 0.5) is 11.4 Å². The second-order valence-electron chi connectivity index (χ2n) is 4.92. The van der Waals surface area contributed by atoms with Gasteiger partial charge in [0.15, 0.2) is 0 Å². The zero-order valence-corrected chi connectivity index (χ0v) is 14.1. The van der Waals surface area contributed by atoms with Gasteiger partial charge in [0.1, 0.15) is 4.88 Å². The molecule has 2 heterocycles. The van der Waals surface area contributed by atoms with E-state index in [9.17, 15) is 18.7 Å². The number of aromatic carboxylic acids is 1. The van der Waals surface area contributed by atoms with Gasteiger partial charge in [0.2, 0.25) is 0 Å².